The number of unbranched alkanes of at least 4 members (excludes halogenated alkanes) is 14. The minimum Gasteiger partial charge on any atom is -0.390 e. The summed E-state index contributed by atoms with van der Waals surface area (Å²) < 4.78 is 11.8. The van der Waals surface area contributed by atoms with Gasteiger partial charge >= 0.3 is 0 Å². The van der Waals surface area contributed by atoms with Gasteiger partial charge < -0.3 is 19.7 Å². The molecule has 0 aromatic carbocycles. The van der Waals surface area contributed by atoms with E-state index in [0.717, 1.165) is 0 Å². The van der Waals surface area contributed by atoms with Gasteiger partial charge in [0.2, 0.25) is 0 Å². The van der Waals surface area contributed by atoms with E-state index in [1.807, 2.05) is 0 Å². The summed E-state index contributed by atoms with van der Waals surface area (Å²) in [6.45, 7) is 7.07. The molecule has 0 saturated carbocycles. The third kappa shape index (κ3) is 14.9. The molecule has 0 radical (unpaired) electrons. The first-order valence-electron chi connectivity index (χ1n) is 14.2. The van der Waals surface area contributed by atoms with Crippen molar-refractivity contribution in [2.45, 2.75) is 167 Å². The second kappa shape index (κ2) is 20.2. The zero-order valence-electron chi connectivity index (χ0n) is 21.7. The molecule has 2 unspecified atom stereocenters. The first-order chi connectivity index (χ1) is 15.6. The zero-order valence-corrected chi connectivity index (χ0v) is 21.7. The van der Waals surface area contributed by atoms with Crippen molar-refractivity contribution in [3.05, 3.63) is 0 Å². The van der Waals surface area contributed by atoms with E-state index >= 15 is 0 Å². The second-order valence-electron chi connectivity index (χ2n) is 10.3. The molecule has 1 aliphatic heterocycles. The molecule has 1 heterocycles. The summed E-state index contributed by atoms with van der Waals surface area (Å²) in [6.07, 6.45) is 22.3. The SMILES string of the molecule is CCCCCCCCCCCCC(CCCCCCCC)COC1C[C@H](O)[C@@H](O)[C@H](C)O1. The van der Waals surface area contributed by atoms with Crippen LogP contribution < -0.4 is 0 Å². The molecule has 1 rings (SSSR count). The van der Waals surface area contributed by atoms with Crippen molar-refractivity contribution in [2.24, 2.45) is 5.92 Å². The summed E-state index contributed by atoms with van der Waals surface area (Å²) in [6, 6.07) is 0. The molecule has 4 nitrogen and oxygen atoms in total. The highest BCUT2D eigenvalue weighted by Gasteiger charge is 2.34. The molecular weight excluding hydrogens is 400 g/mol. The van der Waals surface area contributed by atoms with Gasteiger partial charge in [-0.2, -0.15) is 0 Å². The van der Waals surface area contributed by atoms with Crippen molar-refractivity contribution in [2.75, 3.05) is 6.61 Å². The van der Waals surface area contributed by atoms with Crippen molar-refractivity contribution in [3.8, 4) is 0 Å². The topological polar surface area (TPSA) is 58.9 Å². The van der Waals surface area contributed by atoms with Crippen molar-refractivity contribution >= 4 is 0 Å². The Bertz CT molecular complexity index is 391. The number of rotatable bonds is 21. The summed E-state index contributed by atoms with van der Waals surface area (Å²) in [5.74, 6) is 0.582. The molecule has 0 bridgehead atoms. The van der Waals surface area contributed by atoms with Gasteiger partial charge in [-0.15, -0.1) is 0 Å². The van der Waals surface area contributed by atoms with Crippen LogP contribution in [0.3, 0.4) is 0 Å². The van der Waals surface area contributed by atoms with Crippen LogP contribution in [0.2, 0.25) is 0 Å². The standard InChI is InChI=1S/C28H56O4/c1-4-6-8-10-12-13-14-15-17-19-21-25(20-18-16-11-9-7-5-2)23-31-27-22-26(29)28(30)24(3)32-27/h24-30H,4-23H2,1-3H3/t24-,25?,26-,27?,28-/m0/s1. The average molecular weight is 457 g/mol. The Morgan fingerprint density at radius 1 is 0.719 bits per heavy atom. The predicted molar refractivity (Wildman–Crippen MR) is 135 cm³/mol. The van der Waals surface area contributed by atoms with E-state index in [4.69, 9.17) is 9.47 Å². The third-order valence-electron chi connectivity index (χ3n) is 7.13. The van der Waals surface area contributed by atoms with Crippen LogP contribution in [-0.2, 0) is 9.47 Å². The van der Waals surface area contributed by atoms with E-state index in [1.54, 1.807) is 6.92 Å². The Hall–Kier alpha value is -0.160. The monoisotopic (exact) mass is 456 g/mol. The van der Waals surface area contributed by atoms with Gasteiger partial charge in [0.05, 0.1) is 18.8 Å². The maximum absolute atomic E-state index is 10.0. The molecule has 0 aromatic heterocycles. The van der Waals surface area contributed by atoms with Gasteiger partial charge in [-0.25, -0.2) is 0 Å². The lowest BCUT2D eigenvalue weighted by Gasteiger charge is -2.35. The minimum atomic E-state index is -0.805. The van der Waals surface area contributed by atoms with Gasteiger partial charge in [-0.05, 0) is 25.7 Å². The highest BCUT2D eigenvalue weighted by Crippen LogP contribution is 2.24. The molecule has 1 fully saturated rings. The highest BCUT2D eigenvalue weighted by atomic mass is 16.7. The molecule has 0 aromatic rings. The van der Waals surface area contributed by atoms with Gasteiger partial charge in [-0.1, -0.05) is 117 Å². The average Bonchev–Trinajstić information content (AvgIpc) is 2.78. The summed E-state index contributed by atoms with van der Waals surface area (Å²) in [5.41, 5.74) is 0. The molecule has 0 spiro atoms. The van der Waals surface area contributed by atoms with E-state index in [2.05, 4.69) is 13.8 Å². The van der Waals surface area contributed by atoms with Gasteiger partial charge in [0, 0.05) is 6.42 Å². The number of aliphatic hydroxyl groups is 2. The quantitative estimate of drug-likeness (QED) is 0.175. The fourth-order valence-corrected chi connectivity index (χ4v) is 4.82. The largest absolute Gasteiger partial charge is 0.390 e. The first kappa shape index (κ1) is 29.9. The van der Waals surface area contributed by atoms with E-state index < -0.39 is 12.2 Å². The Balaban J connectivity index is 2.23. The maximum atomic E-state index is 10.0. The highest BCUT2D eigenvalue weighted by molar-refractivity contribution is 4.80. The van der Waals surface area contributed by atoms with Crippen LogP contribution in [0.5, 0.6) is 0 Å². The molecule has 4 heteroatoms. The summed E-state index contributed by atoms with van der Waals surface area (Å²) >= 11 is 0. The van der Waals surface area contributed by atoms with Gasteiger partial charge in [0.25, 0.3) is 0 Å². The molecular formula is C28H56O4. The van der Waals surface area contributed by atoms with E-state index in [1.165, 1.54) is 116 Å². The van der Waals surface area contributed by atoms with Crippen molar-refractivity contribution in [1.29, 1.82) is 0 Å². The molecule has 0 aliphatic carbocycles. The molecule has 192 valence electrons. The van der Waals surface area contributed by atoms with Crippen LogP contribution in [-0.4, -0.2) is 41.4 Å². The molecule has 32 heavy (non-hydrogen) atoms. The predicted octanol–water partition coefficient (Wildman–Crippen LogP) is 7.54. The van der Waals surface area contributed by atoms with Gasteiger partial charge in [-0.3, -0.25) is 0 Å². The lowest BCUT2D eigenvalue weighted by atomic mass is 9.94. The summed E-state index contributed by atoms with van der Waals surface area (Å²) in [4.78, 5) is 0. The maximum Gasteiger partial charge on any atom is 0.160 e. The van der Waals surface area contributed by atoms with Crippen LogP contribution in [0, 0.1) is 5.92 Å². The van der Waals surface area contributed by atoms with Crippen molar-refractivity contribution in [3.63, 3.8) is 0 Å². The van der Waals surface area contributed by atoms with Crippen LogP contribution >= 0.6 is 0 Å². The summed E-state index contributed by atoms with van der Waals surface area (Å²) in [5, 5.41) is 19.9. The molecule has 2 N–H and O–H groups in total. The number of hydrogen-bond acceptors (Lipinski definition) is 4. The number of aliphatic hydroxyl groups excluding tert-OH is 2. The Morgan fingerprint density at radius 3 is 1.59 bits per heavy atom. The first-order valence-corrected chi connectivity index (χ1v) is 14.2. The smallest absolute Gasteiger partial charge is 0.160 e. The van der Waals surface area contributed by atoms with Crippen LogP contribution in [0.4, 0.5) is 0 Å². The molecule has 1 saturated heterocycles. The molecule has 0 amide bonds. The molecule has 5 atom stereocenters. The van der Waals surface area contributed by atoms with Crippen LogP contribution in [0.1, 0.15) is 143 Å². The van der Waals surface area contributed by atoms with E-state index in [9.17, 15) is 10.2 Å². The fraction of sp³-hybridized carbons (Fsp3) is 1.00. The van der Waals surface area contributed by atoms with Crippen LogP contribution in [0.15, 0.2) is 0 Å². The lowest BCUT2D eigenvalue weighted by Crippen LogP contribution is -2.47. The Labute approximate surface area is 199 Å². The van der Waals surface area contributed by atoms with Crippen LogP contribution in [0.25, 0.3) is 0 Å². The van der Waals surface area contributed by atoms with Crippen molar-refractivity contribution in [1.82, 2.24) is 0 Å². The Morgan fingerprint density at radius 2 is 1.16 bits per heavy atom. The lowest BCUT2D eigenvalue weighted by molar-refractivity contribution is -0.249. The van der Waals surface area contributed by atoms with E-state index in [-0.39, 0.29) is 12.4 Å². The minimum absolute atomic E-state index is 0.369. The number of hydrogen-bond donors (Lipinski definition) is 2. The third-order valence-corrected chi connectivity index (χ3v) is 7.13. The summed E-state index contributed by atoms with van der Waals surface area (Å²) in [7, 11) is 0. The zero-order chi connectivity index (χ0) is 23.4. The van der Waals surface area contributed by atoms with Gasteiger partial charge in [0.15, 0.2) is 6.29 Å². The number of ether oxygens (including phenoxy) is 2. The van der Waals surface area contributed by atoms with Crippen molar-refractivity contribution < 1.29 is 19.7 Å². The normalized spacial score (nSPS) is 24.7. The molecule has 1 aliphatic rings. The van der Waals surface area contributed by atoms with Gasteiger partial charge in [0.1, 0.15) is 6.10 Å². The fourth-order valence-electron chi connectivity index (χ4n) is 4.82. The second-order valence-corrected chi connectivity index (χ2v) is 10.3. The van der Waals surface area contributed by atoms with E-state index in [0.29, 0.717) is 18.9 Å². The Kier molecular flexibility index (Phi) is 18.9.